The minimum Gasteiger partial charge on any atom is -0.459 e. The summed E-state index contributed by atoms with van der Waals surface area (Å²) >= 11 is 0. The molecule has 2 aromatic rings. The van der Waals surface area contributed by atoms with Gasteiger partial charge in [0.1, 0.15) is 0 Å². The fourth-order valence-electron chi connectivity index (χ4n) is 1.08. The number of carbonyl (C=O) groups excluding carboxylic acids is 1. The maximum Gasteiger partial charge on any atom is 0.307 e. The molecule has 80 valence electrons. The monoisotopic (exact) mass is 215 g/mol. The number of hydrogen-bond acceptors (Lipinski definition) is 4. The molecule has 5 nitrogen and oxygen atoms in total. The second-order valence-corrected chi connectivity index (χ2v) is 2.96. The second kappa shape index (κ2) is 4.88. The number of hydrazone groups is 1. The van der Waals surface area contributed by atoms with Crippen molar-refractivity contribution < 1.29 is 9.21 Å². The van der Waals surface area contributed by atoms with Gasteiger partial charge in [-0.25, -0.2) is 5.43 Å². The summed E-state index contributed by atoms with van der Waals surface area (Å²) in [5, 5.41) is 3.79. The van der Waals surface area contributed by atoms with Crippen LogP contribution in [0.1, 0.15) is 16.1 Å². The van der Waals surface area contributed by atoms with Crippen LogP contribution in [0.3, 0.4) is 0 Å². The molecule has 0 aromatic carbocycles. The summed E-state index contributed by atoms with van der Waals surface area (Å²) in [7, 11) is 0. The number of rotatable bonds is 3. The van der Waals surface area contributed by atoms with E-state index >= 15 is 0 Å². The molecule has 2 aromatic heterocycles. The first-order chi connectivity index (χ1) is 7.86. The van der Waals surface area contributed by atoms with Crippen molar-refractivity contribution in [1.29, 1.82) is 0 Å². The Kier molecular flexibility index (Phi) is 3.08. The van der Waals surface area contributed by atoms with Crippen LogP contribution in [-0.4, -0.2) is 17.1 Å². The van der Waals surface area contributed by atoms with Crippen LogP contribution >= 0.6 is 0 Å². The average Bonchev–Trinajstić information content (AvgIpc) is 2.84. The highest BCUT2D eigenvalue weighted by atomic mass is 16.3. The van der Waals surface area contributed by atoms with E-state index in [4.69, 9.17) is 4.42 Å². The van der Waals surface area contributed by atoms with Gasteiger partial charge in [-0.15, -0.1) is 0 Å². The summed E-state index contributed by atoms with van der Waals surface area (Å²) < 4.78 is 4.90. The molecule has 0 fully saturated rings. The summed E-state index contributed by atoms with van der Waals surface area (Å²) in [4.78, 5) is 15.2. The van der Waals surface area contributed by atoms with E-state index in [0.717, 1.165) is 5.56 Å². The third-order valence-corrected chi connectivity index (χ3v) is 1.83. The number of nitrogens with one attached hydrogen (secondary N) is 1. The number of hydrogen-bond donors (Lipinski definition) is 1. The topological polar surface area (TPSA) is 67.5 Å². The molecule has 16 heavy (non-hydrogen) atoms. The smallest absolute Gasteiger partial charge is 0.307 e. The molecular formula is C11H9N3O2. The van der Waals surface area contributed by atoms with Crippen molar-refractivity contribution in [3.05, 3.63) is 54.2 Å². The maximum absolute atomic E-state index is 11.4. The molecule has 0 unspecified atom stereocenters. The van der Waals surface area contributed by atoms with Gasteiger partial charge in [-0.3, -0.25) is 9.78 Å². The van der Waals surface area contributed by atoms with Crippen molar-refractivity contribution in [1.82, 2.24) is 10.4 Å². The van der Waals surface area contributed by atoms with Gasteiger partial charge < -0.3 is 4.42 Å². The lowest BCUT2D eigenvalue weighted by molar-refractivity contribution is 0.0927. The van der Waals surface area contributed by atoms with E-state index in [-0.39, 0.29) is 11.7 Å². The van der Waals surface area contributed by atoms with E-state index in [0.29, 0.717) is 0 Å². The molecule has 0 aliphatic rings. The van der Waals surface area contributed by atoms with Crippen LogP contribution < -0.4 is 5.43 Å². The number of aromatic nitrogens is 1. The zero-order valence-electron chi connectivity index (χ0n) is 8.33. The normalized spacial score (nSPS) is 10.5. The van der Waals surface area contributed by atoms with Gasteiger partial charge >= 0.3 is 5.91 Å². The summed E-state index contributed by atoms with van der Waals surface area (Å²) in [5.74, 6) is -0.151. The molecule has 0 saturated heterocycles. The van der Waals surface area contributed by atoms with E-state index in [2.05, 4.69) is 15.5 Å². The van der Waals surface area contributed by atoms with Crippen LogP contribution in [-0.2, 0) is 0 Å². The molecule has 0 aliphatic carbocycles. The van der Waals surface area contributed by atoms with Gasteiger partial charge in [-0.2, -0.15) is 5.10 Å². The average molecular weight is 215 g/mol. The Labute approximate surface area is 91.8 Å². The van der Waals surface area contributed by atoms with Gasteiger partial charge in [0, 0.05) is 12.4 Å². The molecule has 1 amide bonds. The highest BCUT2D eigenvalue weighted by Crippen LogP contribution is 1.98. The zero-order chi connectivity index (χ0) is 11.2. The largest absolute Gasteiger partial charge is 0.459 e. The zero-order valence-corrected chi connectivity index (χ0v) is 8.33. The third kappa shape index (κ3) is 2.54. The van der Waals surface area contributed by atoms with E-state index in [1.54, 1.807) is 36.7 Å². The maximum atomic E-state index is 11.4. The first kappa shape index (κ1) is 10.1. The van der Waals surface area contributed by atoms with E-state index in [1.165, 1.54) is 12.5 Å². The Morgan fingerprint density at radius 1 is 1.38 bits per heavy atom. The Morgan fingerprint density at radius 2 is 2.19 bits per heavy atom. The summed E-state index contributed by atoms with van der Waals surface area (Å²) in [5.41, 5.74) is 3.21. The molecule has 5 heteroatoms. The Morgan fingerprint density at radius 3 is 2.88 bits per heavy atom. The van der Waals surface area contributed by atoms with Crippen molar-refractivity contribution in [3.63, 3.8) is 0 Å². The van der Waals surface area contributed by atoms with E-state index in [9.17, 15) is 4.79 Å². The number of amides is 1. The molecular weight excluding hydrogens is 206 g/mol. The van der Waals surface area contributed by atoms with Crippen molar-refractivity contribution in [3.8, 4) is 0 Å². The number of pyridine rings is 1. The van der Waals surface area contributed by atoms with E-state index < -0.39 is 0 Å². The van der Waals surface area contributed by atoms with Crippen molar-refractivity contribution in [2.45, 2.75) is 0 Å². The molecule has 1 N–H and O–H groups in total. The van der Waals surface area contributed by atoms with Crippen molar-refractivity contribution in [2.24, 2.45) is 5.10 Å². The lowest BCUT2D eigenvalue weighted by atomic mass is 10.3. The van der Waals surface area contributed by atoms with Gasteiger partial charge in [0.25, 0.3) is 0 Å². The lowest BCUT2D eigenvalue weighted by Crippen LogP contribution is -2.16. The third-order valence-electron chi connectivity index (χ3n) is 1.83. The highest BCUT2D eigenvalue weighted by molar-refractivity contribution is 5.92. The Hall–Kier alpha value is -2.43. The van der Waals surface area contributed by atoms with Gasteiger partial charge in [-0.05, 0) is 29.8 Å². The predicted molar refractivity (Wildman–Crippen MR) is 58.0 cm³/mol. The molecule has 0 aliphatic heterocycles. The molecule has 0 atom stereocenters. The van der Waals surface area contributed by atoms with Crippen molar-refractivity contribution in [2.75, 3.05) is 0 Å². The molecule has 0 radical (unpaired) electrons. The Bertz CT molecular complexity index is 477. The minimum absolute atomic E-state index is 0.229. The van der Waals surface area contributed by atoms with Gasteiger partial charge in [0.05, 0.1) is 12.5 Å². The van der Waals surface area contributed by atoms with E-state index in [1.807, 2.05) is 0 Å². The SMILES string of the molecule is O=C(N/N=C\c1ccncc1)c1ccco1. The first-order valence-corrected chi connectivity index (χ1v) is 4.63. The standard InChI is InChI=1S/C11H9N3O2/c15-11(10-2-1-7-16-10)14-13-8-9-3-5-12-6-4-9/h1-8H,(H,14,15)/b13-8-. The second-order valence-electron chi connectivity index (χ2n) is 2.96. The highest BCUT2D eigenvalue weighted by Gasteiger charge is 2.05. The summed E-state index contributed by atoms with van der Waals surface area (Å²) in [6, 6.07) is 6.77. The van der Waals surface area contributed by atoms with Crippen LogP contribution in [0.15, 0.2) is 52.4 Å². The lowest BCUT2D eigenvalue weighted by Gasteiger charge is -1.94. The molecule has 0 bridgehead atoms. The van der Waals surface area contributed by atoms with Crippen LogP contribution in [0.25, 0.3) is 0 Å². The minimum atomic E-state index is -0.379. The van der Waals surface area contributed by atoms with Gasteiger partial charge in [0.2, 0.25) is 0 Å². The van der Waals surface area contributed by atoms with Crippen molar-refractivity contribution >= 4 is 12.1 Å². The fraction of sp³-hybridized carbons (Fsp3) is 0. The fourth-order valence-corrected chi connectivity index (χ4v) is 1.08. The van der Waals surface area contributed by atoms with Crippen LogP contribution in [0.2, 0.25) is 0 Å². The number of furan rings is 1. The van der Waals surface area contributed by atoms with Crippen LogP contribution in [0.4, 0.5) is 0 Å². The van der Waals surface area contributed by atoms with Crippen LogP contribution in [0.5, 0.6) is 0 Å². The summed E-state index contributed by atoms with van der Waals surface area (Å²) in [6.07, 6.45) is 6.26. The summed E-state index contributed by atoms with van der Waals surface area (Å²) in [6.45, 7) is 0. The number of nitrogens with zero attached hydrogens (tertiary/aromatic N) is 2. The predicted octanol–water partition coefficient (Wildman–Crippen LogP) is 1.44. The van der Waals surface area contributed by atoms with Crippen LogP contribution in [0, 0.1) is 0 Å². The molecule has 2 rings (SSSR count). The quantitative estimate of drug-likeness (QED) is 0.622. The molecule has 0 spiro atoms. The molecule has 0 saturated carbocycles. The van der Waals surface area contributed by atoms with Gasteiger partial charge in [-0.1, -0.05) is 0 Å². The Balaban J connectivity index is 1.93. The molecule has 2 heterocycles. The first-order valence-electron chi connectivity index (χ1n) is 4.63. The van der Waals surface area contributed by atoms with Gasteiger partial charge in [0.15, 0.2) is 5.76 Å². The number of carbonyl (C=O) groups is 1.